The largest absolute Gasteiger partial charge is 0.459 e. The quantitative estimate of drug-likeness (QED) is 0.566. The third-order valence-electron chi connectivity index (χ3n) is 3.62. The number of aryl methyl sites for hydroxylation is 1. The zero-order chi connectivity index (χ0) is 17.4. The lowest BCUT2D eigenvalue weighted by atomic mass is 10.2. The average molecular weight is 341 g/mol. The Kier molecular flexibility index (Phi) is 3.57. The second-order valence-electron chi connectivity index (χ2n) is 5.34. The Morgan fingerprint density at radius 1 is 1.12 bits per heavy atom. The number of hydrogen-bond acceptors (Lipinski definition) is 6. The molecule has 1 aromatic carbocycles. The van der Waals surface area contributed by atoms with E-state index in [-0.39, 0.29) is 18.3 Å². The van der Waals surface area contributed by atoms with E-state index in [1.807, 2.05) is 0 Å². The number of benzene rings is 1. The van der Waals surface area contributed by atoms with Crippen molar-refractivity contribution in [1.82, 2.24) is 14.8 Å². The Morgan fingerprint density at radius 2 is 1.92 bits per heavy atom. The van der Waals surface area contributed by atoms with E-state index in [9.17, 15) is 9.18 Å². The standard InChI is InChI=1S/C17H12FN3O4/c1-10-13(19-16(24-10)14-3-2-8-23-14)9-21-17(22)25-15(20-21)11-4-6-12(18)7-5-11/h2-8H,9H2,1H3. The van der Waals surface area contributed by atoms with Crippen LogP contribution in [-0.4, -0.2) is 14.8 Å². The van der Waals surface area contributed by atoms with Crippen LogP contribution in [0.4, 0.5) is 4.39 Å². The lowest BCUT2D eigenvalue weighted by molar-refractivity contribution is 0.487. The predicted molar refractivity (Wildman–Crippen MR) is 84.2 cm³/mol. The molecule has 0 spiro atoms. The molecular formula is C17H12FN3O4. The van der Waals surface area contributed by atoms with E-state index in [2.05, 4.69) is 10.1 Å². The van der Waals surface area contributed by atoms with Crippen molar-refractivity contribution in [3.8, 4) is 23.1 Å². The van der Waals surface area contributed by atoms with Gasteiger partial charge in [0.15, 0.2) is 5.76 Å². The van der Waals surface area contributed by atoms with Crippen molar-refractivity contribution in [2.75, 3.05) is 0 Å². The van der Waals surface area contributed by atoms with Gasteiger partial charge < -0.3 is 13.3 Å². The SMILES string of the molecule is Cc1oc(-c2ccco2)nc1Cn1nc(-c2ccc(F)cc2)oc1=O. The summed E-state index contributed by atoms with van der Waals surface area (Å²) in [7, 11) is 0. The van der Waals surface area contributed by atoms with E-state index in [1.165, 1.54) is 30.5 Å². The second-order valence-corrected chi connectivity index (χ2v) is 5.34. The molecule has 4 aromatic rings. The lowest BCUT2D eigenvalue weighted by Gasteiger charge is -1.95. The van der Waals surface area contributed by atoms with Crippen LogP contribution in [0.1, 0.15) is 11.5 Å². The van der Waals surface area contributed by atoms with E-state index >= 15 is 0 Å². The van der Waals surface area contributed by atoms with Gasteiger partial charge in [0.2, 0.25) is 5.89 Å². The van der Waals surface area contributed by atoms with E-state index in [0.717, 1.165) is 4.68 Å². The molecule has 0 saturated carbocycles. The number of nitrogens with zero attached hydrogens (tertiary/aromatic N) is 3. The first kappa shape index (κ1) is 15.1. The molecule has 126 valence electrons. The summed E-state index contributed by atoms with van der Waals surface area (Å²) in [5, 5.41) is 4.13. The third-order valence-corrected chi connectivity index (χ3v) is 3.62. The molecule has 0 atom stereocenters. The fourth-order valence-electron chi connectivity index (χ4n) is 2.34. The zero-order valence-corrected chi connectivity index (χ0v) is 13.1. The molecule has 25 heavy (non-hydrogen) atoms. The first-order valence-corrected chi connectivity index (χ1v) is 7.44. The lowest BCUT2D eigenvalue weighted by Crippen LogP contribution is -2.17. The van der Waals surface area contributed by atoms with Crippen molar-refractivity contribution in [1.29, 1.82) is 0 Å². The monoisotopic (exact) mass is 341 g/mol. The average Bonchev–Trinajstić information content (AvgIpc) is 3.31. The van der Waals surface area contributed by atoms with Gasteiger partial charge in [-0.2, -0.15) is 4.68 Å². The molecule has 0 saturated heterocycles. The highest BCUT2D eigenvalue weighted by Gasteiger charge is 2.17. The van der Waals surface area contributed by atoms with Gasteiger partial charge in [0.1, 0.15) is 17.3 Å². The maximum atomic E-state index is 13.0. The Labute approximate surface area is 140 Å². The highest BCUT2D eigenvalue weighted by atomic mass is 19.1. The van der Waals surface area contributed by atoms with Crippen molar-refractivity contribution in [2.24, 2.45) is 0 Å². The van der Waals surface area contributed by atoms with Gasteiger partial charge >= 0.3 is 5.76 Å². The van der Waals surface area contributed by atoms with Crippen LogP contribution >= 0.6 is 0 Å². The molecule has 0 N–H and O–H groups in total. The van der Waals surface area contributed by atoms with Crippen LogP contribution in [0.3, 0.4) is 0 Å². The minimum atomic E-state index is -0.638. The van der Waals surface area contributed by atoms with Gasteiger partial charge in [0.25, 0.3) is 5.89 Å². The molecule has 7 nitrogen and oxygen atoms in total. The summed E-state index contributed by atoms with van der Waals surface area (Å²) >= 11 is 0. The summed E-state index contributed by atoms with van der Waals surface area (Å²) in [5.41, 5.74) is 1.04. The molecule has 0 unspecified atom stereocenters. The smallest absolute Gasteiger partial charge is 0.437 e. The molecule has 0 bridgehead atoms. The molecule has 0 fully saturated rings. The highest BCUT2D eigenvalue weighted by Crippen LogP contribution is 2.22. The molecule has 0 aliphatic rings. The van der Waals surface area contributed by atoms with Gasteiger partial charge in [-0.3, -0.25) is 0 Å². The van der Waals surface area contributed by atoms with Gasteiger partial charge in [-0.05, 0) is 43.3 Å². The number of rotatable bonds is 4. The number of aromatic nitrogens is 3. The first-order chi connectivity index (χ1) is 12.1. The van der Waals surface area contributed by atoms with Crippen molar-refractivity contribution in [2.45, 2.75) is 13.5 Å². The van der Waals surface area contributed by atoms with Crippen LogP contribution in [0.25, 0.3) is 23.1 Å². The summed E-state index contributed by atoms with van der Waals surface area (Å²) in [4.78, 5) is 16.3. The van der Waals surface area contributed by atoms with Crippen LogP contribution < -0.4 is 5.76 Å². The fourth-order valence-corrected chi connectivity index (χ4v) is 2.34. The minimum absolute atomic E-state index is 0.0829. The van der Waals surface area contributed by atoms with Gasteiger partial charge in [-0.15, -0.1) is 5.10 Å². The molecular weight excluding hydrogens is 329 g/mol. The van der Waals surface area contributed by atoms with E-state index < -0.39 is 5.76 Å². The normalized spacial score (nSPS) is 11.1. The maximum Gasteiger partial charge on any atom is 0.437 e. The molecule has 0 radical (unpaired) electrons. The number of hydrogen-bond donors (Lipinski definition) is 0. The Hall–Kier alpha value is -3.42. The van der Waals surface area contributed by atoms with Crippen molar-refractivity contribution in [3.63, 3.8) is 0 Å². The number of halogens is 1. The highest BCUT2D eigenvalue weighted by molar-refractivity contribution is 5.51. The number of oxazole rings is 1. The van der Waals surface area contributed by atoms with Crippen LogP contribution in [0.15, 0.2) is 60.7 Å². The van der Waals surface area contributed by atoms with Crippen molar-refractivity contribution < 1.29 is 17.6 Å². The molecule has 0 aliphatic carbocycles. The Morgan fingerprint density at radius 3 is 2.64 bits per heavy atom. The van der Waals surface area contributed by atoms with Crippen LogP contribution in [0.5, 0.6) is 0 Å². The van der Waals surface area contributed by atoms with Gasteiger partial charge in [0.05, 0.1) is 12.8 Å². The molecule has 3 aromatic heterocycles. The summed E-state index contributed by atoms with van der Waals surface area (Å²) in [5.74, 6) is 0.458. The van der Waals surface area contributed by atoms with E-state index in [1.54, 1.807) is 19.1 Å². The maximum absolute atomic E-state index is 13.0. The topological polar surface area (TPSA) is 87.2 Å². The van der Waals surface area contributed by atoms with E-state index in [0.29, 0.717) is 28.7 Å². The summed E-state index contributed by atoms with van der Waals surface area (Å²) in [6.45, 7) is 1.82. The summed E-state index contributed by atoms with van der Waals surface area (Å²) in [6, 6.07) is 8.97. The molecule has 4 rings (SSSR count). The molecule has 0 amide bonds. The summed E-state index contributed by atoms with van der Waals surface area (Å²) < 4.78 is 30.1. The second kappa shape index (κ2) is 5.90. The van der Waals surface area contributed by atoms with Crippen LogP contribution in [-0.2, 0) is 6.54 Å². The summed E-state index contributed by atoms with van der Waals surface area (Å²) in [6.07, 6.45) is 1.52. The van der Waals surface area contributed by atoms with Gasteiger partial charge in [-0.25, -0.2) is 14.2 Å². The Bertz CT molecular complexity index is 1060. The molecule has 0 aliphatic heterocycles. The van der Waals surface area contributed by atoms with Crippen molar-refractivity contribution >= 4 is 0 Å². The van der Waals surface area contributed by atoms with Crippen LogP contribution in [0.2, 0.25) is 0 Å². The zero-order valence-electron chi connectivity index (χ0n) is 13.1. The molecule has 3 heterocycles. The minimum Gasteiger partial charge on any atom is -0.459 e. The van der Waals surface area contributed by atoms with Crippen molar-refractivity contribution in [3.05, 3.63) is 70.5 Å². The molecule has 8 heteroatoms. The Balaban J connectivity index is 1.63. The third kappa shape index (κ3) is 2.89. The fraction of sp³-hybridized carbons (Fsp3) is 0.118. The predicted octanol–water partition coefficient (Wildman–Crippen LogP) is 3.25. The van der Waals surface area contributed by atoms with Gasteiger partial charge in [0, 0.05) is 5.56 Å². The first-order valence-electron chi connectivity index (χ1n) is 7.44. The number of furan rings is 1. The van der Waals surface area contributed by atoms with E-state index in [4.69, 9.17) is 13.3 Å². The van der Waals surface area contributed by atoms with Crippen LogP contribution in [0, 0.1) is 12.7 Å². The van der Waals surface area contributed by atoms with Gasteiger partial charge in [-0.1, -0.05) is 0 Å².